The standard InChI is InChI=1S/C15H21NO5/c1-9(2)15(21,13(19)20)14(3,12(17)18)11-7-5-4-6-10(11)8-16/h4-7,9,21H,8,16H2,1-3H3,(H,17,18)(H,19,20). The van der Waals surface area contributed by atoms with Crippen LogP contribution < -0.4 is 5.73 Å². The van der Waals surface area contributed by atoms with Gasteiger partial charge in [-0.1, -0.05) is 38.1 Å². The highest BCUT2D eigenvalue weighted by atomic mass is 16.4. The first kappa shape index (κ1) is 17.1. The van der Waals surface area contributed by atoms with Gasteiger partial charge in [-0.25, -0.2) is 4.79 Å². The van der Waals surface area contributed by atoms with E-state index in [9.17, 15) is 24.9 Å². The monoisotopic (exact) mass is 295 g/mol. The molecule has 1 rings (SSSR count). The quantitative estimate of drug-likeness (QED) is 0.620. The van der Waals surface area contributed by atoms with Crippen LogP contribution in [-0.2, 0) is 21.5 Å². The van der Waals surface area contributed by atoms with Crippen molar-refractivity contribution >= 4 is 11.9 Å². The number of carboxylic acid groups (broad SMARTS) is 2. The van der Waals surface area contributed by atoms with Gasteiger partial charge in [-0.05, 0) is 24.0 Å². The van der Waals surface area contributed by atoms with E-state index in [1.54, 1.807) is 18.2 Å². The summed E-state index contributed by atoms with van der Waals surface area (Å²) in [4.78, 5) is 23.5. The Morgan fingerprint density at radius 1 is 1.19 bits per heavy atom. The predicted octanol–water partition coefficient (Wildman–Crippen LogP) is 0.959. The maximum atomic E-state index is 11.9. The number of rotatable bonds is 6. The van der Waals surface area contributed by atoms with E-state index in [1.165, 1.54) is 26.8 Å². The summed E-state index contributed by atoms with van der Waals surface area (Å²) in [6.07, 6.45) is 0. The number of nitrogens with two attached hydrogens (primary N) is 1. The summed E-state index contributed by atoms with van der Waals surface area (Å²) in [5.41, 5.74) is 1.82. The van der Waals surface area contributed by atoms with Gasteiger partial charge in [0.15, 0.2) is 5.60 Å². The first-order chi connectivity index (χ1) is 9.63. The third kappa shape index (κ3) is 2.41. The second-order valence-electron chi connectivity index (χ2n) is 5.52. The lowest BCUT2D eigenvalue weighted by atomic mass is 9.62. The molecule has 6 heteroatoms. The summed E-state index contributed by atoms with van der Waals surface area (Å²) in [7, 11) is 0. The van der Waals surface area contributed by atoms with Crippen LogP contribution in [-0.4, -0.2) is 32.9 Å². The average molecular weight is 295 g/mol. The summed E-state index contributed by atoms with van der Waals surface area (Å²) in [6, 6.07) is 6.40. The Balaban J connectivity index is 3.74. The van der Waals surface area contributed by atoms with E-state index in [1.807, 2.05) is 0 Å². The summed E-state index contributed by atoms with van der Waals surface area (Å²) >= 11 is 0. The minimum Gasteiger partial charge on any atom is -0.480 e. The number of benzene rings is 1. The largest absolute Gasteiger partial charge is 0.480 e. The number of carboxylic acids is 2. The molecule has 0 aliphatic rings. The van der Waals surface area contributed by atoms with Crippen LogP contribution in [0.2, 0.25) is 0 Å². The van der Waals surface area contributed by atoms with Crippen molar-refractivity contribution in [3.8, 4) is 0 Å². The Labute approximate surface area is 123 Å². The fourth-order valence-electron chi connectivity index (χ4n) is 2.71. The normalized spacial score (nSPS) is 17.0. The highest BCUT2D eigenvalue weighted by molar-refractivity contribution is 5.93. The van der Waals surface area contributed by atoms with Crippen LogP contribution in [0.5, 0.6) is 0 Å². The number of hydrogen-bond donors (Lipinski definition) is 4. The van der Waals surface area contributed by atoms with E-state index < -0.39 is 28.9 Å². The van der Waals surface area contributed by atoms with Gasteiger partial charge in [-0.15, -0.1) is 0 Å². The van der Waals surface area contributed by atoms with E-state index in [-0.39, 0.29) is 12.1 Å². The molecule has 5 N–H and O–H groups in total. The second-order valence-corrected chi connectivity index (χ2v) is 5.52. The minimum absolute atomic E-state index is 0.0485. The smallest absolute Gasteiger partial charge is 0.337 e. The maximum absolute atomic E-state index is 11.9. The van der Waals surface area contributed by atoms with Gasteiger partial charge >= 0.3 is 11.9 Å². The molecule has 1 aromatic carbocycles. The summed E-state index contributed by atoms with van der Waals surface area (Å²) in [6.45, 7) is 4.21. The number of aliphatic carboxylic acids is 2. The molecule has 0 saturated heterocycles. The van der Waals surface area contributed by atoms with E-state index in [2.05, 4.69) is 0 Å². The summed E-state index contributed by atoms with van der Waals surface area (Å²) in [5.74, 6) is -3.81. The van der Waals surface area contributed by atoms with Gasteiger partial charge < -0.3 is 21.1 Å². The molecule has 0 aromatic heterocycles. The van der Waals surface area contributed by atoms with Crippen molar-refractivity contribution in [2.24, 2.45) is 11.7 Å². The predicted molar refractivity (Wildman–Crippen MR) is 76.7 cm³/mol. The molecule has 2 atom stereocenters. The van der Waals surface area contributed by atoms with Crippen molar-refractivity contribution in [1.29, 1.82) is 0 Å². The molecule has 0 bridgehead atoms. The molecule has 0 saturated carbocycles. The lowest BCUT2D eigenvalue weighted by molar-refractivity contribution is -0.184. The number of aliphatic hydroxyl groups is 1. The minimum atomic E-state index is -2.47. The first-order valence-electron chi connectivity index (χ1n) is 6.61. The Kier molecular flexibility index (Phi) is 4.76. The molecule has 6 nitrogen and oxygen atoms in total. The molecule has 1 aromatic rings. The molecule has 0 radical (unpaired) electrons. The van der Waals surface area contributed by atoms with Gasteiger partial charge in [0.2, 0.25) is 0 Å². The third-order valence-corrected chi connectivity index (χ3v) is 4.13. The average Bonchev–Trinajstić information content (AvgIpc) is 2.44. The fourth-order valence-corrected chi connectivity index (χ4v) is 2.71. The van der Waals surface area contributed by atoms with E-state index in [0.29, 0.717) is 5.56 Å². The van der Waals surface area contributed by atoms with Crippen molar-refractivity contribution in [2.45, 2.75) is 38.3 Å². The zero-order valence-corrected chi connectivity index (χ0v) is 12.3. The van der Waals surface area contributed by atoms with E-state index >= 15 is 0 Å². The zero-order valence-electron chi connectivity index (χ0n) is 12.3. The van der Waals surface area contributed by atoms with Gasteiger partial charge in [0.1, 0.15) is 5.41 Å². The van der Waals surface area contributed by atoms with Crippen LogP contribution >= 0.6 is 0 Å². The molecule has 0 aliphatic carbocycles. The highest BCUT2D eigenvalue weighted by Gasteiger charge is 2.61. The van der Waals surface area contributed by atoms with Crippen LogP contribution in [0.25, 0.3) is 0 Å². The molecule has 2 unspecified atom stereocenters. The molecule has 0 aliphatic heterocycles. The maximum Gasteiger partial charge on any atom is 0.337 e. The van der Waals surface area contributed by atoms with Crippen molar-refractivity contribution in [3.63, 3.8) is 0 Å². The zero-order chi connectivity index (χ0) is 16.4. The van der Waals surface area contributed by atoms with Gasteiger partial charge in [-0.2, -0.15) is 0 Å². The van der Waals surface area contributed by atoms with Crippen LogP contribution in [0.15, 0.2) is 24.3 Å². The molecule has 0 spiro atoms. The summed E-state index contributed by atoms with van der Waals surface area (Å²) < 4.78 is 0. The lowest BCUT2D eigenvalue weighted by Crippen LogP contribution is -2.63. The number of hydrogen-bond acceptors (Lipinski definition) is 4. The third-order valence-electron chi connectivity index (χ3n) is 4.13. The van der Waals surface area contributed by atoms with Crippen LogP contribution in [0.4, 0.5) is 0 Å². The van der Waals surface area contributed by atoms with Crippen LogP contribution in [0.1, 0.15) is 31.9 Å². The summed E-state index contributed by atoms with van der Waals surface area (Å²) in [5, 5.41) is 29.9. The van der Waals surface area contributed by atoms with Crippen molar-refractivity contribution in [3.05, 3.63) is 35.4 Å². The van der Waals surface area contributed by atoms with Gasteiger partial charge in [0.25, 0.3) is 0 Å². The molecule has 0 heterocycles. The van der Waals surface area contributed by atoms with Crippen LogP contribution in [0.3, 0.4) is 0 Å². The molecule has 0 fully saturated rings. The fraction of sp³-hybridized carbons (Fsp3) is 0.467. The molecule has 116 valence electrons. The molecular formula is C15H21NO5. The van der Waals surface area contributed by atoms with Gasteiger partial charge in [-0.3, -0.25) is 4.79 Å². The number of carbonyl (C=O) groups is 2. The van der Waals surface area contributed by atoms with E-state index in [0.717, 1.165) is 0 Å². The Morgan fingerprint density at radius 2 is 1.71 bits per heavy atom. The van der Waals surface area contributed by atoms with Crippen molar-refractivity contribution < 1.29 is 24.9 Å². The molecule has 21 heavy (non-hydrogen) atoms. The van der Waals surface area contributed by atoms with Gasteiger partial charge in [0.05, 0.1) is 0 Å². The van der Waals surface area contributed by atoms with Gasteiger partial charge in [0, 0.05) is 6.54 Å². The lowest BCUT2D eigenvalue weighted by Gasteiger charge is -2.42. The first-order valence-corrected chi connectivity index (χ1v) is 6.61. The second kappa shape index (κ2) is 5.83. The molecular weight excluding hydrogens is 274 g/mol. The van der Waals surface area contributed by atoms with E-state index in [4.69, 9.17) is 5.73 Å². The molecule has 0 amide bonds. The Hall–Kier alpha value is -1.92. The Morgan fingerprint density at radius 3 is 2.10 bits per heavy atom. The topological polar surface area (TPSA) is 121 Å². The van der Waals surface area contributed by atoms with Crippen molar-refractivity contribution in [2.75, 3.05) is 0 Å². The van der Waals surface area contributed by atoms with Crippen LogP contribution in [0, 0.1) is 5.92 Å². The van der Waals surface area contributed by atoms with Crippen molar-refractivity contribution in [1.82, 2.24) is 0 Å². The highest BCUT2D eigenvalue weighted by Crippen LogP contribution is 2.42. The SMILES string of the molecule is CC(C)C(O)(C(=O)O)C(C)(C(=O)O)c1ccccc1CN. The Bertz CT molecular complexity index is 557.